The summed E-state index contributed by atoms with van der Waals surface area (Å²) in [6, 6.07) is 8.46. The van der Waals surface area contributed by atoms with E-state index in [0.29, 0.717) is 0 Å². The summed E-state index contributed by atoms with van der Waals surface area (Å²) in [5, 5.41) is 3.42. The van der Waals surface area contributed by atoms with E-state index >= 15 is 0 Å². The van der Waals surface area contributed by atoms with E-state index in [-0.39, 0.29) is 6.10 Å². The van der Waals surface area contributed by atoms with Gasteiger partial charge in [0.1, 0.15) is 0 Å². The maximum absolute atomic E-state index is 5.78. The van der Waals surface area contributed by atoms with E-state index in [0.717, 1.165) is 38.7 Å². The van der Waals surface area contributed by atoms with Gasteiger partial charge in [-0.3, -0.25) is 4.99 Å². The lowest BCUT2D eigenvalue weighted by molar-refractivity contribution is -0.0163. The molecule has 1 unspecified atom stereocenters. The average molecular weight is 304 g/mol. The lowest BCUT2D eigenvalue weighted by Crippen LogP contribution is -2.48. The lowest BCUT2D eigenvalue weighted by atomic mass is 10.1. The van der Waals surface area contributed by atoms with E-state index in [1.54, 1.807) is 0 Å². The first-order chi connectivity index (χ1) is 10.6. The zero-order valence-corrected chi connectivity index (χ0v) is 14.2. The smallest absolute Gasteiger partial charge is 0.193 e. The summed E-state index contributed by atoms with van der Waals surface area (Å²) >= 11 is 0. The molecule has 1 saturated heterocycles. The monoisotopic (exact) mass is 304 g/mol. The first-order valence-electron chi connectivity index (χ1n) is 7.86. The molecule has 0 saturated carbocycles. The molecular formula is C17H28N4O. The van der Waals surface area contributed by atoms with Crippen LogP contribution in [-0.4, -0.2) is 69.2 Å². The average Bonchev–Trinajstić information content (AvgIpc) is 2.50. The van der Waals surface area contributed by atoms with Crippen LogP contribution in [-0.2, 0) is 11.3 Å². The Balaban J connectivity index is 1.87. The summed E-state index contributed by atoms with van der Waals surface area (Å²) in [6.45, 7) is 6.56. The van der Waals surface area contributed by atoms with Crippen LogP contribution in [0.1, 0.15) is 11.1 Å². The van der Waals surface area contributed by atoms with Crippen molar-refractivity contribution in [2.45, 2.75) is 19.6 Å². The van der Waals surface area contributed by atoms with Gasteiger partial charge in [0.15, 0.2) is 5.96 Å². The molecule has 0 aliphatic carbocycles. The van der Waals surface area contributed by atoms with Crippen molar-refractivity contribution >= 4 is 5.96 Å². The molecule has 0 aromatic heterocycles. The second-order valence-electron chi connectivity index (χ2n) is 5.97. The topological polar surface area (TPSA) is 40.1 Å². The molecule has 1 aromatic carbocycles. The number of ether oxygens (including phenoxy) is 1. The van der Waals surface area contributed by atoms with E-state index in [4.69, 9.17) is 4.74 Å². The molecule has 0 amide bonds. The molecule has 1 aromatic rings. The number of morpholine rings is 1. The Morgan fingerprint density at radius 2 is 2.23 bits per heavy atom. The number of aryl methyl sites for hydroxylation is 1. The number of rotatable bonds is 4. The van der Waals surface area contributed by atoms with Gasteiger partial charge in [0.2, 0.25) is 0 Å². The summed E-state index contributed by atoms with van der Waals surface area (Å²) in [5.41, 5.74) is 2.63. The molecule has 1 N–H and O–H groups in total. The van der Waals surface area contributed by atoms with E-state index in [1.807, 2.05) is 7.05 Å². The summed E-state index contributed by atoms with van der Waals surface area (Å²) in [6.07, 6.45) is 0.224. The van der Waals surface area contributed by atoms with E-state index < -0.39 is 0 Å². The molecular weight excluding hydrogens is 276 g/mol. The molecule has 1 heterocycles. The van der Waals surface area contributed by atoms with Gasteiger partial charge >= 0.3 is 0 Å². The van der Waals surface area contributed by atoms with Crippen molar-refractivity contribution in [3.05, 3.63) is 35.4 Å². The van der Waals surface area contributed by atoms with Crippen molar-refractivity contribution in [2.75, 3.05) is 47.4 Å². The number of benzene rings is 1. The Hall–Kier alpha value is -1.59. The van der Waals surface area contributed by atoms with Gasteiger partial charge < -0.3 is 19.9 Å². The minimum atomic E-state index is 0.224. The molecule has 0 radical (unpaired) electrons. The molecule has 122 valence electrons. The van der Waals surface area contributed by atoms with E-state index in [9.17, 15) is 0 Å². The number of hydrogen-bond acceptors (Lipinski definition) is 3. The van der Waals surface area contributed by atoms with Gasteiger partial charge in [0.05, 0.1) is 12.7 Å². The van der Waals surface area contributed by atoms with Crippen LogP contribution in [0.5, 0.6) is 0 Å². The van der Waals surface area contributed by atoms with Crippen molar-refractivity contribution in [1.82, 2.24) is 15.1 Å². The first kappa shape index (κ1) is 16.8. The van der Waals surface area contributed by atoms with Crippen molar-refractivity contribution in [3.8, 4) is 0 Å². The maximum Gasteiger partial charge on any atom is 0.193 e. The zero-order valence-electron chi connectivity index (χ0n) is 14.2. The third kappa shape index (κ3) is 4.71. The van der Waals surface area contributed by atoms with Crippen LogP contribution in [0.25, 0.3) is 0 Å². The van der Waals surface area contributed by atoms with E-state index in [2.05, 4.69) is 65.4 Å². The molecule has 1 fully saturated rings. The zero-order chi connectivity index (χ0) is 15.9. The van der Waals surface area contributed by atoms with Crippen molar-refractivity contribution in [3.63, 3.8) is 0 Å². The lowest BCUT2D eigenvalue weighted by Gasteiger charge is -2.31. The predicted molar refractivity (Wildman–Crippen MR) is 91.2 cm³/mol. The normalized spacial score (nSPS) is 20.0. The van der Waals surface area contributed by atoms with Gasteiger partial charge in [0.25, 0.3) is 0 Å². The third-order valence-electron chi connectivity index (χ3n) is 4.07. The molecule has 5 nitrogen and oxygen atoms in total. The van der Waals surface area contributed by atoms with Crippen LogP contribution in [0, 0.1) is 6.92 Å². The molecule has 22 heavy (non-hydrogen) atoms. The van der Waals surface area contributed by atoms with Crippen molar-refractivity contribution in [2.24, 2.45) is 4.99 Å². The van der Waals surface area contributed by atoms with Gasteiger partial charge in [-0.05, 0) is 25.1 Å². The quantitative estimate of drug-likeness (QED) is 0.673. The SMILES string of the molecule is CN=C(NCC1CN(C)CCO1)N(C)Cc1ccccc1C. The van der Waals surface area contributed by atoms with Gasteiger partial charge in [-0.2, -0.15) is 0 Å². The molecule has 0 bridgehead atoms. The predicted octanol–water partition coefficient (Wildman–Crippen LogP) is 1.33. The number of nitrogens with zero attached hydrogens (tertiary/aromatic N) is 3. The Bertz CT molecular complexity index is 503. The summed E-state index contributed by atoms with van der Waals surface area (Å²) in [5.74, 6) is 0.903. The largest absolute Gasteiger partial charge is 0.374 e. The Morgan fingerprint density at radius 3 is 2.91 bits per heavy atom. The molecule has 1 atom stereocenters. The number of nitrogens with one attached hydrogen (secondary N) is 1. The number of aliphatic imine (C=N–C) groups is 1. The van der Waals surface area contributed by atoms with Crippen LogP contribution < -0.4 is 5.32 Å². The minimum absolute atomic E-state index is 0.224. The number of guanidine groups is 1. The Morgan fingerprint density at radius 1 is 1.45 bits per heavy atom. The highest BCUT2D eigenvalue weighted by Crippen LogP contribution is 2.09. The van der Waals surface area contributed by atoms with Gasteiger partial charge in [-0.15, -0.1) is 0 Å². The molecule has 5 heteroatoms. The minimum Gasteiger partial charge on any atom is -0.374 e. The highest BCUT2D eigenvalue weighted by molar-refractivity contribution is 5.79. The fourth-order valence-electron chi connectivity index (χ4n) is 2.70. The first-order valence-corrected chi connectivity index (χ1v) is 7.86. The highest BCUT2D eigenvalue weighted by Gasteiger charge is 2.18. The Labute approximate surface area is 134 Å². The fourth-order valence-corrected chi connectivity index (χ4v) is 2.70. The highest BCUT2D eigenvalue weighted by atomic mass is 16.5. The second-order valence-corrected chi connectivity index (χ2v) is 5.97. The van der Waals surface area contributed by atoms with Crippen LogP contribution in [0.4, 0.5) is 0 Å². The van der Waals surface area contributed by atoms with Crippen molar-refractivity contribution in [1.29, 1.82) is 0 Å². The van der Waals surface area contributed by atoms with Crippen molar-refractivity contribution < 1.29 is 4.74 Å². The second kappa shape index (κ2) is 8.15. The van der Waals surface area contributed by atoms with Gasteiger partial charge in [0, 0.05) is 40.3 Å². The number of likely N-dealkylation sites (N-methyl/N-ethyl adjacent to an activating group) is 1. The molecule has 1 aliphatic rings. The maximum atomic E-state index is 5.78. The van der Waals surface area contributed by atoms with Gasteiger partial charge in [-0.1, -0.05) is 24.3 Å². The standard InChI is InChI=1S/C17H28N4O/c1-14-7-5-6-8-15(14)12-21(4)17(18-2)19-11-16-13-20(3)9-10-22-16/h5-8,16H,9-13H2,1-4H3,(H,18,19). The van der Waals surface area contributed by atoms with Crippen LogP contribution in [0.2, 0.25) is 0 Å². The van der Waals surface area contributed by atoms with E-state index in [1.165, 1.54) is 11.1 Å². The summed E-state index contributed by atoms with van der Waals surface area (Å²) in [7, 11) is 6.02. The van der Waals surface area contributed by atoms with Crippen LogP contribution in [0.3, 0.4) is 0 Å². The van der Waals surface area contributed by atoms with Crippen LogP contribution in [0.15, 0.2) is 29.3 Å². The molecule has 1 aliphatic heterocycles. The molecule has 0 spiro atoms. The number of hydrogen-bond donors (Lipinski definition) is 1. The fraction of sp³-hybridized carbons (Fsp3) is 0.588. The van der Waals surface area contributed by atoms with Gasteiger partial charge in [-0.25, -0.2) is 0 Å². The van der Waals surface area contributed by atoms with Crippen LogP contribution >= 0.6 is 0 Å². The summed E-state index contributed by atoms with van der Waals surface area (Å²) in [4.78, 5) is 8.83. The molecule has 2 rings (SSSR count). The Kier molecular flexibility index (Phi) is 6.21. The third-order valence-corrected chi connectivity index (χ3v) is 4.07. The summed E-state index contributed by atoms with van der Waals surface area (Å²) < 4.78 is 5.78.